The number of rotatable bonds is 2. The molecule has 3 heteroatoms. The zero-order valence-electron chi connectivity index (χ0n) is 9.38. The van der Waals surface area contributed by atoms with Crippen LogP contribution in [0.5, 0.6) is 0 Å². The fourth-order valence-corrected chi connectivity index (χ4v) is 2.04. The number of aromatic nitrogens is 1. The summed E-state index contributed by atoms with van der Waals surface area (Å²) in [7, 11) is 0. The Labute approximate surface area is 95.9 Å². The van der Waals surface area contributed by atoms with Gasteiger partial charge in [-0.25, -0.2) is 0 Å². The maximum absolute atomic E-state index is 6.39. The Morgan fingerprint density at radius 2 is 2.25 bits per heavy atom. The first-order valence-corrected chi connectivity index (χ1v) is 5.45. The molecule has 1 aliphatic rings. The van der Waals surface area contributed by atoms with Gasteiger partial charge in [0.1, 0.15) is 0 Å². The van der Waals surface area contributed by atoms with Gasteiger partial charge in [0.2, 0.25) is 0 Å². The molecular formula is C13H17N3. The van der Waals surface area contributed by atoms with E-state index in [2.05, 4.69) is 11.9 Å². The highest BCUT2D eigenvalue weighted by atomic mass is 14.9. The quantitative estimate of drug-likeness (QED) is 0.782. The van der Waals surface area contributed by atoms with E-state index in [0.29, 0.717) is 0 Å². The first-order valence-electron chi connectivity index (χ1n) is 5.45. The van der Waals surface area contributed by atoms with Gasteiger partial charge in [-0.3, -0.25) is 4.98 Å². The Bertz CT molecular complexity index is 410. The zero-order chi connectivity index (χ0) is 11.6. The van der Waals surface area contributed by atoms with Gasteiger partial charge in [0.15, 0.2) is 0 Å². The van der Waals surface area contributed by atoms with Crippen LogP contribution in [-0.2, 0) is 0 Å². The number of nitrogens with zero attached hydrogens (tertiary/aromatic N) is 1. The molecule has 3 unspecified atom stereocenters. The van der Waals surface area contributed by atoms with E-state index in [4.69, 9.17) is 11.5 Å². The molecule has 4 N–H and O–H groups in total. The van der Waals surface area contributed by atoms with Crippen molar-refractivity contribution in [2.75, 3.05) is 0 Å². The minimum atomic E-state index is -0.530. The smallest absolute Gasteiger partial charge is 0.0599 e. The maximum atomic E-state index is 6.39. The van der Waals surface area contributed by atoms with Gasteiger partial charge in [-0.05, 0) is 11.6 Å². The van der Waals surface area contributed by atoms with E-state index < -0.39 is 5.54 Å². The molecule has 0 saturated heterocycles. The Balaban J connectivity index is 2.31. The largest absolute Gasteiger partial charge is 0.323 e. The molecule has 0 bridgehead atoms. The average Bonchev–Trinajstić information content (AvgIpc) is 2.33. The van der Waals surface area contributed by atoms with Gasteiger partial charge in [-0.15, -0.1) is 0 Å². The lowest BCUT2D eigenvalue weighted by Crippen LogP contribution is -2.57. The lowest BCUT2D eigenvalue weighted by molar-refractivity contribution is 0.401. The summed E-state index contributed by atoms with van der Waals surface area (Å²) in [5.74, 6) is 0.136. The summed E-state index contributed by atoms with van der Waals surface area (Å²) in [5.41, 5.74) is 13.0. The van der Waals surface area contributed by atoms with Crippen LogP contribution in [0.3, 0.4) is 0 Å². The first-order chi connectivity index (χ1) is 7.64. The minimum absolute atomic E-state index is 0.136. The highest BCUT2D eigenvalue weighted by molar-refractivity contribution is 5.33. The molecular weight excluding hydrogens is 198 g/mol. The monoisotopic (exact) mass is 215 g/mol. The highest BCUT2D eigenvalue weighted by Crippen LogP contribution is 2.31. The summed E-state index contributed by atoms with van der Waals surface area (Å²) < 4.78 is 0. The van der Waals surface area contributed by atoms with E-state index >= 15 is 0 Å². The molecule has 3 atom stereocenters. The summed E-state index contributed by atoms with van der Waals surface area (Å²) in [6.45, 7) is 2.08. The Hall–Kier alpha value is -1.45. The molecule has 0 saturated carbocycles. The van der Waals surface area contributed by atoms with Crippen LogP contribution in [0, 0.1) is 0 Å². The molecule has 0 amide bonds. The third kappa shape index (κ3) is 1.79. The van der Waals surface area contributed by atoms with Crippen molar-refractivity contribution in [3.8, 4) is 0 Å². The average molecular weight is 215 g/mol. The third-order valence-corrected chi connectivity index (χ3v) is 3.33. The molecule has 84 valence electrons. The molecule has 0 aliphatic heterocycles. The molecule has 1 aliphatic carbocycles. The van der Waals surface area contributed by atoms with Crippen LogP contribution in [0.1, 0.15) is 18.4 Å². The summed E-state index contributed by atoms with van der Waals surface area (Å²) in [6, 6.07) is 3.79. The SMILES string of the molecule is CC(c1cccnc1)C1(N)C=CC=CC1N. The van der Waals surface area contributed by atoms with Crippen LogP contribution in [0.2, 0.25) is 0 Å². The van der Waals surface area contributed by atoms with Crippen molar-refractivity contribution in [2.24, 2.45) is 11.5 Å². The van der Waals surface area contributed by atoms with Gasteiger partial charge in [0, 0.05) is 24.4 Å². The number of pyridine rings is 1. The zero-order valence-corrected chi connectivity index (χ0v) is 9.38. The van der Waals surface area contributed by atoms with Crippen molar-refractivity contribution in [1.29, 1.82) is 0 Å². The fraction of sp³-hybridized carbons (Fsp3) is 0.308. The van der Waals surface area contributed by atoms with Crippen LogP contribution in [0.4, 0.5) is 0 Å². The Morgan fingerprint density at radius 1 is 1.44 bits per heavy atom. The third-order valence-electron chi connectivity index (χ3n) is 3.33. The van der Waals surface area contributed by atoms with E-state index in [1.807, 2.05) is 42.6 Å². The summed E-state index contributed by atoms with van der Waals surface area (Å²) in [5, 5.41) is 0. The Kier molecular flexibility index (Phi) is 2.90. The summed E-state index contributed by atoms with van der Waals surface area (Å²) in [6.07, 6.45) is 11.4. The molecule has 1 heterocycles. The second-order valence-corrected chi connectivity index (χ2v) is 4.28. The van der Waals surface area contributed by atoms with Crippen LogP contribution >= 0.6 is 0 Å². The number of nitrogens with two attached hydrogens (primary N) is 2. The van der Waals surface area contributed by atoms with Gasteiger partial charge >= 0.3 is 0 Å². The van der Waals surface area contributed by atoms with Gasteiger partial charge in [0.25, 0.3) is 0 Å². The normalized spacial score (nSPS) is 30.3. The summed E-state index contributed by atoms with van der Waals surface area (Å²) in [4.78, 5) is 4.12. The minimum Gasteiger partial charge on any atom is -0.323 e. The van der Waals surface area contributed by atoms with Gasteiger partial charge < -0.3 is 11.5 Å². The molecule has 0 radical (unpaired) electrons. The van der Waals surface area contributed by atoms with E-state index in [1.165, 1.54) is 0 Å². The van der Waals surface area contributed by atoms with Crippen LogP contribution in [0.25, 0.3) is 0 Å². The number of hydrogen-bond donors (Lipinski definition) is 2. The number of hydrogen-bond acceptors (Lipinski definition) is 3. The van der Waals surface area contributed by atoms with Gasteiger partial charge in [-0.2, -0.15) is 0 Å². The predicted molar refractivity (Wildman–Crippen MR) is 65.8 cm³/mol. The standard InChI is InChI=1S/C13H17N3/c1-10(11-5-4-8-16-9-11)13(15)7-3-2-6-12(13)14/h2-10,12H,14-15H2,1H3. The van der Waals surface area contributed by atoms with Crippen LogP contribution in [-0.4, -0.2) is 16.6 Å². The molecule has 16 heavy (non-hydrogen) atoms. The maximum Gasteiger partial charge on any atom is 0.0599 e. The van der Waals surface area contributed by atoms with Crippen molar-refractivity contribution in [2.45, 2.75) is 24.4 Å². The second kappa shape index (κ2) is 4.20. The topological polar surface area (TPSA) is 64.9 Å². The van der Waals surface area contributed by atoms with E-state index in [0.717, 1.165) is 5.56 Å². The fourth-order valence-electron chi connectivity index (χ4n) is 2.04. The molecule has 0 fully saturated rings. The van der Waals surface area contributed by atoms with Crippen molar-refractivity contribution in [3.63, 3.8) is 0 Å². The van der Waals surface area contributed by atoms with Crippen molar-refractivity contribution >= 4 is 0 Å². The first kappa shape index (κ1) is 11.0. The van der Waals surface area contributed by atoms with Crippen LogP contribution in [0.15, 0.2) is 48.8 Å². The van der Waals surface area contributed by atoms with Crippen molar-refractivity contribution in [1.82, 2.24) is 4.98 Å². The summed E-state index contributed by atoms with van der Waals surface area (Å²) >= 11 is 0. The van der Waals surface area contributed by atoms with Gasteiger partial charge in [-0.1, -0.05) is 37.3 Å². The van der Waals surface area contributed by atoms with Crippen LogP contribution < -0.4 is 11.5 Å². The van der Waals surface area contributed by atoms with E-state index in [1.54, 1.807) is 6.20 Å². The van der Waals surface area contributed by atoms with Crippen molar-refractivity contribution in [3.05, 3.63) is 54.4 Å². The Morgan fingerprint density at radius 3 is 2.88 bits per heavy atom. The molecule has 0 aromatic carbocycles. The molecule has 1 aromatic heterocycles. The van der Waals surface area contributed by atoms with Gasteiger partial charge in [0.05, 0.1) is 5.54 Å². The van der Waals surface area contributed by atoms with E-state index in [9.17, 15) is 0 Å². The number of allylic oxidation sites excluding steroid dienone is 2. The predicted octanol–water partition coefficient (Wildman–Crippen LogP) is 1.34. The molecule has 1 aromatic rings. The molecule has 0 spiro atoms. The lowest BCUT2D eigenvalue weighted by Gasteiger charge is -2.38. The highest BCUT2D eigenvalue weighted by Gasteiger charge is 2.36. The second-order valence-electron chi connectivity index (χ2n) is 4.28. The molecule has 3 nitrogen and oxygen atoms in total. The van der Waals surface area contributed by atoms with E-state index in [-0.39, 0.29) is 12.0 Å². The lowest BCUT2D eigenvalue weighted by atomic mass is 9.75. The molecule has 2 rings (SSSR count). The van der Waals surface area contributed by atoms with Crippen molar-refractivity contribution < 1.29 is 0 Å².